The monoisotopic (exact) mass is 442 g/mol. The van der Waals surface area contributed by atoms with Gasteiger partial charge in [-0.05, 0) is 17.7 Å². The van der Waals surface area contributed by atoms with Crippen molar-refractivity contribution in [1.82, 2.24) is 24.7 Å². The number of fused-ring (bicyclic) bond motifs is 1. The summed E-state index contributed by atoms with van der Waals surface area (Å²) in [4.78, 5) is 24.1. The van der Waals surface area contributed by atoms with Crippen LogP contribution in [0.4, 0.5) is 4.39 Å². The topological polar surface area (TPSA) is 123 Å². The van der Waals surface area contributed by atoms with Crippen molar-refractivity contribution in [3.63, 3.8) is 0 Å². The molecule has 0 fully saturated rings. The van der Waals surface area contributed by atoms with Crippen LogP contribution in [0.1, 0.15) is 11.1 Å². The number of rotatable bonds is 5. The molecule has 5 rings (SSSR count). The number of aryl methyl sites for hydroxylation is 1. The number of aromatic amines is 1. The lowest BCUT2D eigenvalue weighted by molar-refractivity contribution is -0.133. The molecule has 0 saturated carbocycles. The third-order valence-electron chi connectivity index (χ3n) is 5.62. The number of nitrogens with zero attached hydrogens (tertiary/aromatic N) is 4. The van der Waals surface area contributed by atoms with Gasteiger partial charge in [-0.15, -0.1) is 0 Å². The van der Waals surface area contributed by atoms with Crippen molar-refractivity contribution in [3.05, 3.63) is 90.3 Å². The van der Waals surface area contributed by atoms with Crippen LogP contribution in [0.5, 0.6) is 0 Å². The van der Waals surface area contributed by atoms with E-state index < -0.39 is 17.3 Å². The third-order valence-corrected chi connectivity index (χ3v) is 5.62. The molecule has 0 aliphatic rings. The van der Waals surface area contributed by atoms with E-state index in [9.17, 15) is 9.90 Å². The number of carbonyl (C=O) groups is 1. The van der Waals surface area contributed by atoms with Gasteiger partial charge >= 0.3 is 0 Å². The molecule has 2 aromatic carbocycles. The molecule has 33 heavy (non-hydrogen) atoms. The maximum absolute atomic E-state index is 15.3. The highest BCUT2D eigenvalue weighted by Gasteiger charge is 2.40. The number of aromatic nitrogens is 5. The number of halogens is 1. The number of hydrogen-bond acceptors (Lipinski definition) is 5. The predicted octanol–water partition coefficient (Wildman–Crippen LogP) is 2.89. The summed E-state index contributed by atoms with van der Waals surface area (Å²) in [6.07, 6.45) is 4.97. The van der Waals surface area contributed by atoms with E-state index in [4.69, 9.17) is 5.73 Å². The summed E-state index contributed by atoms with van der Waals surface area (Å²) >= 11 is 0. The van der Waals surface area contributed by atoms with E-state index in [1.165, 1.54) is 30.6 Å². The Balaban J connectivity index is 1.61. The van der Waals surface area contributed by atoms with Gasteiger partial charge in [0, 0.05) is 35.3 Å². The van der Waals surface area contributed by atoms with E-state index in [1.807, 2.05) is 19.3 Å². The maximum atomic E-state index is 15.3. The van der Waals surface area contributed by atoms with E-state index in [1.54, 1.807) is 35.1 Å². The normalized spacial score (nSPS) is 13.2. The summed E-state index contributed by atoms with van der Waals surface area (Å²) in [5, 5.41) is 16.0. The smallest absolute Gasteiger partial charge is 0.258 e. The zero-order valence-corrected chi connectivity index (χ0v) is 17.5. The molecule has 1 unspecified atom stereocenters. The minimum absolute atomic E-state index is 0.181. The number of hydrogen-bond donors (Lipinski definition) is 3. The fourth-order valence-corrected chi connectivity index (χ4v) is 3.95. The van der Waals surface area contributed by atoms with Crippen LogP contribution < -0.4 is 5.73 Å². The summed E-state index contributed by atoms with van der Waals surface area (Å²) in [5.41, 5.74) is 6.34. The molecule has 0 aliphatic heterocycles. The second-order valence-corrected chi connectivity index (χ2v) is 7.71. The molecule has 3 heterocycles. The van der Waals surface area contributed by atoms with Gasteiger partial charge in [0.25, 0.3) is 5.91 Å². The Hall–Kier alpha value is -4.37. The van der Waals surface area contributed by atoms with Crippen molar-refractivity contribution < 1.29 is 14.3 Å². The van der Waals surface area contributed by atoms with E-state index in [0.29, 0.717) is 22.3 Å². The summed E-state index contributed by atoms with van der Waals surface area (Å²) in [5.74, 6) is -1.86. The number of nitrogens with one attached hydrogen (secondary N) is 1. The van der Waals surface area contributed by atoms with Crippen LogP contribution in [0.3, 0.4) is 0 Å². The van der Waals surface area contributed by atoms with Crippen LogP contribution in [-0.2, 0) is 17.4 Å². The molecule has 4 N–H and O–H groups in total. The SMILES string of the molecule is Cn1cc(-c2cc3c(-c4ccc(C(O)(C(N)=O)c5ccccc5)c(F)c4)ncnc3[nH]2)cn1. The van der Waals surface area contributed by atoms with E-state index in [0.717, 1.165) is 11.3 Å². The van der Waals surface area contributed by atoms with E-state index >= 15 is 4.39 Å². The molecule has 0 radical (unpaired) electrons. The van der Waals surface area contributed by atoms with Crippen LogP contribution in [0, 0.1) is 5.82 Å². The van der Waals surface area contributed by atoms with Gasteiger partial charge in [-0.2, -0.15) is 5.10 Å². The van der Waals surface area contributed by atoms with Gasteiger partial charge in [-0.1, -0.05) is 42.5 Å². The minimum atomic E-state index is -2.31. The number of carbonyl (C=O) groups excluding carboxylic acids is 1. The average Bonchev–Trinajstić information content (AvgIpc) is 3.45. The van der Waals surface area contributed by atoms with Gasteiger partial charge in [0.1, 0.15) is 17.8 Å². The second kappa shape index (κ2) is 7.64. The molecule has 5 aromatic rings. The minimum Gasteiger partial charge on any atom is -0.372 e. The van der Waals surface area contributed by atoms with E-state index in [2.05, 4.69) is 20.1 Å². The lowest BCUT2D eigenvalue weighted by Gasteiger charge is -2.26. The Morgan fingerprint density at radius 3 is 2.58 bits per heavy atom. The number of primary amides is 1. The highest BCUT2D eigenvalue weighted by Crippen LogP contribution is 2.35. The number of amides is 1. The fourth-order valence-electron chi connectivity index (χ4n) is 3.95. The molecule has 8 nitrogen and oxygen atoms in total. The summed E-state index contributed by atoms with van der Waals surface area (Å²) in [6, 6.07) is 14.1. The number of benzene rings is 2. The Labute approximate surface area is 187 Å². The van der Waals surface area contributed by atoms with Crippen LogP contribution in [0.2, 0.25) is 0 Å². The first-order valence-electron chi connectivity index (χ1n) is 10.1. The Morgan fingerprint density at radius 2 is 1.91 bits per heavy atom. The fraction of sp³-hybridized carbons (Fsp3) is 0.0833. The zero-order valence-electron chi connectivity index (χ0n) is 17.5. The number of aliphatic hydroxyl groups is 1. The van der Waals surface area contributed by atoms with Gasteiger partial charge in [0.2, 0.25) is 0 Å². The first-order valence-corrected chi connectivity index (χ1v) is 10.1. The van der Waals surface area contributed by atoms with Crippen molar-refractivity contribution in [3.8, 4) is 22.5 Å². The van der Waals surface area contributed by atoms with Crippen molar-refractivity contribution in [2.75, 3.05) is 0 Å². The quantitative estimate of drug-likeness (QED) is 0.386. The molecule has 9 heteroatoms. The molecule has 0 spiro atoms. The first-order chi connectivity index (χ1) is 15.9. The zero-order chi connectivity index (χ0) is 23.2. The van der Waals surface area contributed by atoms with Gasteiger partial charge in [-0.3, -0.25) is 9.48 Å². The second-order valence-electron chi connectivity index (χ2n) is 7.71. The molecule has 1 amide bonds. The first kappa shape index (κ1) is 20.5. The predicted molar refractivity (Wildman–Crippen MR) is 120 cm³/mol. The van der Waals surface area contributed by atoms with Crippen molar-refractivity contribution >= 4 is 16.9 Å². The lowest BCUT2D eigenvalue weighted by atomic mass is 9.84. The Bertz CT molecular complexity index is 1490. The number of nitrogens with two attached hydrogens (primary N) is 1. The van der Waals surface area contributed by atoms with Crippen LogP contribution in [-0.4, -0.2) is 35.7 Å². The molecule has 0 saturated heterocycles. The molecule has 0 aliphatic carbocycles. The highest BCUT2D eigenvalue weighted by molar-refractivity contribution is 5.94. The van der Waals surface area contributed by atoms with Crippen molar-refractivity contribution in [2.24, 2.45) is 12.8 Å². The van der Waals surface area contributed by atoms with Gasteiger partial charge < -0.3 is 15.8 Å². The van der Waals surface area contributed by atoms with Gasteiger partial charge in [-0.25, -0.2) is 14.4 Å². The molecular weight excluding hydrogens is 423 g/mol. The number of H-pyrrole nitrogens is 1. The molecule has 0 bridgehead atoms. The largest absolute Gasteiger partial charge is 0.372 e. The van der Waals surface area contributed by atoms with E-state index in [-0.39, 0.29) is 11.1 Å². The Morgan fingerprint density at radius 1 is 1.12 bits per heavy atom. The summed E-state index contributed by atoms with van der Waals surface area (Å²) in [7, 11) is 1.82. The summed E-state index contributed by atoms with van der Waals surface area (Å²) < 4.78 is 17.0. The van der Waals surface area contributed by atoms with Crippen molar-refractivity contribution in [2.45, 2.75) is 5.60 Å². The van der Waals surface area contributed by atoms with Crippen LogP contribution in [0.25, 0.3) is 33.5 Å². The highest BCUT2D eigenvalue weighted by atomic mass is 19.1. The standard InChI is InChI=1S/C24H19FN6O2/c1-31-12-15(11-29-31)20-10-17-21(27-13-28-22(17)30-20)14-7-8-18(19(25)9-14)24(33,23(26)32)16-5-3-2-4-6-16/h2-13,33H,1H3,(H2,26,32)(H,27,28,30). The van der Waals surface area contributed by atoms with Crippen molar-refractivity contribution in [1.29, 1.82) is 0 Å². The molecular formula is C24H19FN6O2. The van der Waals surface area contributed by atoms with Crippen LogP contribution in [0.15, 0.2) is 73.3 Å². The molecule has 164 valence electrons. The van der Waals surface area contributed by atoms with Gasteiger partial charge in [0.05, 0.1) is 17.6 Å². The van der Waals surface area contributed by atoms with Gasteiger partial charge in [0.15, 0.2) is 5.60 Å². The average molecular weight is 442 g/mol. The Kier molecular flexibility index (Phi) is 4.75. The molecule has 3 aromatic heterocycles. The molecule has 1 atom stereocenters. The summed E-state index contributed by atoms with van der Waals surface area (Å²) in [6.45, 7) is 0. The lowest BCUT2D eigenvalue weighted by Crippen LogP contribution is -2.42. The third kappa shape index (κ3) is 3.35. The van der Waals surface area contributed by atoms with Crippen LogP contribution >= 0.6 is 0 Å². The maximum Gasteiger partial charge on any atom is 0.258 e.